The number of hydrogen-bond acceptors (Lipinski definition) is 4. The average molecular weight is 517 g/mol. The first-order valence-corrected chi connectivity index (χ1v) is 12.5. The second-order valence-corrected chi connectivity index (χ2v) is 9.63. The molecule has 3 aromatic rings. The van der Waals surface area contributed by atoms with Gasteiger partial charge in [-0.3, -0.25) is 9.36 Å². The fourth-order valence-electron chi connectivity index (χ4n) is 4.85. The highest BCUT2D eigenvalue weighted by Crippen LogP contribution is 2.32. The van der Waals surface area contributed by atoms with Crippen molar-refractivity contribution >= 4 is 42.1 Å². The van der Waals surface area contributed by atoms with Gasteiger partial charge in [-0.25, -0.2) is 4.98 Å². The van der Waals surface area contributed by atoms with E-state index < -0.39 is 0 Å². The van der Waals surface area contributed by atoms with Gasteiger partial charge in [0.1, 0.15) is 0 Å². The van der Waals surface area contributed by atoms with Gasteiger partial charge in [0.15, 0.2) is 5.16 Å². The number of fused-ring (bicyclic) bond motifs is 1. The molecule has 34 heavy (non-hydrogen) atoms. The third kappa shape index (κ3) is 5.60. The molecule has 0 saturated carbocycles. The summed E-state index contributed by atoms with van der Waals surface area (Å²) in [5.74, 6) is 0.956. The SMILES string of the molecule is Cc1nc2n(c(=O)c1CCN1CCC(=C(c3ccccc3)c3ccccc3)CC1)CCS2.Cl.Cl. The van der Waals surface area contributed by atoms with Gasteiger partial charge in [-0.2, -0.15) is 0 Å². The van der Waals surface area contributed by atoms with E-state index in [-0.39, 0.29) is 30.4 Å². The molecule has 0 radical (unpaired) electrons. The van der Waals surface area contributed by atoms with Crippen molar-refractivity contribution in [2.45, 2.75) is 37.9 Å². The highest BCUT2D eigenvalue weighted by Gasteiger charge is 2.22. The predicted molar refractivity (Wildman–Crippen MR) is 147 cm³/mol. The molecule has 3 heterocycles. The number of nitrogens with zero attached hydrogens (tertiary/aromatic N) is 3. The van der Waals surface area contributed by atoms with Crippen LogP contribution in [-0.2, 0) is 13.0 Å². The van der Waals surface area contributed by atoms with Crippen molar-refractivity contribution in [1.82, 2.24) is 14.5 Å². The summed E-state index contributed by atoms with van der Waals surface area (Å²) in [7, 11) is 0. The van der Waals surface area contributed by atoms with Crippen molar-refractivity contribution in [3.8, 4) is 0 Å². The monoisotopic (exact) mass is 515 g/mol. The molecular formula is C27H31Cl2N3OS. The van der Waals surface area contributed by atoms with Crippen LogP contribution in [0.4, 0.5) is 0 Å². The molecule has 180 valence electrons. The molecule has 2 aliphatic heterocycles. The minimum atomic E-state index is 0. The van der Waals surface area contributed by atoms with Crippen molar-refractivity contribution < 1.29 is 0 Å². The van der Waals surface area contributed by atoms with Crippen LogP contribution < -0.4 is 5.56 Å². The first kappa shape index (κ1) is 26.6. The second kappa shape index (κ2) is 12.1. The van der Waals surface area contributed by atoms with Gasteiger partial charge in [0.2, 0.25) is 0 Å². The first-order chi connectivity index (χ1) is 15.7. The van der Waals surface area contributed by atoms with Crippen LogP contribution in [-0.4, -0.2) is 39.8 Å². The van der Waals surface area contributed by atoms with Gasteiger partial charge in [0.05, 0.1) is 0 Å². The summed E-state index contributed by atoms with van der Waals surface area (Å²) in [6, 6.07) is 21.5. The third-order valence-electron chi connectivity index (χ3n) is 6.60. The Morgan fingerprint density at radius 3 is 2.09 bits per heavy atom. The molecule has 2 aliphatic rings. The average Bonchev–Trinajstić information content (AvgIpc) is 3.30. The summed E-state index contributed by atoms with van der Waals surface area (Å²) in [6.45, 7) is 5.77. The van der Waals surface area contributed by atoms with Crippen LogP contribution >= 0.6 is 36.6 Å². The summed E-state index contributed by atoms with van der Waals surface area (Å²) < 4.78 is 1.86. The maximum atomic E-state index is 12.9. The summed E-state index contributed by atoms with van der Waals surface area (Å²) in [6.07, 6.45) is 2.91. The fourth-order valence-corrected chi connectivity index (χ4v) is 5.84. The maximum Gasteiger partial charge on any atom is 0.257 e. The van der Waals surface area contributed by atoms with Crippen LogP contribution in [0.15, 0.2) is 76.2 Å². The number of hydrogen-bond donors (Lipinski definition) is 0. The smallest absolute Gasteiger partial charge is 0.257 e. The zero-order chi connectivity index (χ0) is 21.9. The van der Waals surface area contributed by atoms with Crippen LogP contribution in [0.1, 0.15) is 35.2 Å². The van der Waals surface area contributed by atoms with Crippen LogP contribution in [0.25, 0.3) is 5.57 Å². The van der Waals surface area contributed by atoms with E-state index in [2.05, 4.69) is 70.5 Å². The molecule has 0 amide bonds. The van der Waals surface area contributed by atoms with E-state index in [4.69, 9.17) is 0 Å². The minimum absolute atomic E-state index is 0. The molecule has 1 aromatic heterocycles. The van der Waals surface area contributed by atoms with Gasteiger partial charge in [0.25, 0.3) is 5.56 Å². The van der Waals surface area contributed by atoms with Crippen molar-refractivity contribution in [3.05, 3.63) is 99.0 Å². The standard InChI is InChI=1S/C27H29N3OS.2ClH/c1-20-24(26(31)30-18-19-32-27(30)28-20)14-17-29-15-12-23(13-16-29)25(21-8-4-2-5-9-21)22-10-6-3-7-11-22;;/h2-11H,12-19H2,1H3;2*1H. The summed E-state index contributed by atoms with van der Waals surface area (Å²) in [5, 5.41) is 0.887. The highest BCUT2D eigenvalue weighted by atomic mass is 35.5. The normalized spacial score (nSPS) is 15.3. The quantitative estimate of drug-likeness (QED) is 0.412. The van der Waals surface area contributed by atoms with Gasteiger partial charge < -0.3 is 4.90 Å². The molecule has 0 bridgehead atoms. The van der Waals surface area contributed by atoms with E-state index in [1.165, 1.54) is 22.3 Å². The Kier molecular flexibility index (Phi) is 9.43. The lowest BCUT2D eigenvalue weighted by molar-refractivity contribution is 0.259. The molecule has 7 heteroatoms. The zero-order valence-electron chi connectivity index (χ0n) is 19.4. The molecule has 1 fully saturated rings. The first-order valence-electron chi connectivity index (χ1n) is 11.5. The van der Waals surface area contributed by atoms with E-state index in [0.29, 0.717) is 0 Å². The van der Waals surface area contributed by atoms with Gasteiger partial charge in [-0.05, 0) is 42.9 Å². The number of aromatic nitrogens is 2. The Hall–Kier alpha value is -2.05. The van der Waals surface area contributed by atoms with E-state index in [1.54, 1.807) is 11.8 Å². The van der Waals surface area contributed by atoms with Gasteiger partial charge in [-0.15, -0.1) is 24.8 Å². The lowest BCUT2D eigenvalue weighted by Gasteiger charge is -2.30. The van der Waals surface area contributed by atoms with Crippen molar-refractivity contribution in [2.24, 2.45) is 0 Å². The van der Waals surface area contributed by atoms with Crippen molar-refractivity contribution in [3.63, 3.8) is 0 Å². The van der Waals surface area contributed by atoms with Crippen LogP contribution in [0.3, 0.4) is 0 Å². The molecule has 0 aliphatic carbocycles. The number of piperidine rings is 1. The Bertz CT molecular complexity index is 1140. The zero-order valence-corrected chi connectivity index (χ0v) is 21.9. The predicted octanol–water partition coefficient (Wildman–Crippen LogP) is 5.64. The van der Waals surface area contributed by atoms with Gasteiger partial charge in [-0.1, -0.05) is 78.0 Å². The van der Waals surface area contributed by atoms with Gasteiger partial charge >= 0.3 is 0 Å². The second-order valence-electron chi connectivity index (χ2n) is 8.57. The summed E-state index contributed by atoms with van der Waals surface area (Å²) in [5.41, 5.74) is 7.49. The fraction of sp³-hybridized carbons (Fsp3) is 0.333. The van der Waals surface area contributed by atoms with Crippen molar-refractivity contribution in [2.75, 3.05) is 25.4 Å². The molecule has 0 spiro atoms. The van der Waals surface area contributed by atoms with E-state index in [1.807, 2.05) is 11.5 Å². The van der Waals surface area contributed by atoms with Gasteiger partial charge in [0, 0.05) is 43.2 Å². The van der Waals surface area contributed by atoms with Crippen LogP contribution in [0.2, 0.25) is 0 Å². The molecule has 0 unspecified atom stereocenters. The third-order valence-corrected chi connectivity index (χ3v) is 7.55. The molecule has 0 atom stereocenters. The number of halogens is 2. The molecule has 1 saturated heterocycles. The van der Waals surface area contributed by atoms with Crippen LogP contribution in [0.5, 0.6) is 0 Å². The number of benzene rings is 2. The topological polar surface area (TPSA) is 38.1 Å². The summed E-state index contributed by atoms with van der Waals surface area (Å²) >= 11 is 1.69. The number of aryl methyl sites for hydroxylation is 1. The molecule has 5 rings (SSSR count). The Labute approximate surface area is 218 Å². The number of thioether (sulfide) groups is 1. The highest BCUT2D eigenvalue weighted by molar-refractivity contribution is 7.99. The largest absolute Gasteiger partial charge is 0.302 e. The Morgan fingerprint density at radius 2 is 1.50 bits per heavy atom. The molecular weight excluding hydrogens is 485 g/mol. The maximum absolute atomic E-state index is 12.9. The number of likely N-dealkylation sites (tertiary alicyclic amines) is 1. The lowest BCUT2D eigenvalue weighted by atomic mass is 9.88. The summed E-state index contributed by atoms with van der Waals surface area (Å²) in [4.78, 5) is 20.1. The molecule has 2 aromatic carbocycles. The Morgan fingerprint density at radius 1 is 0.912 bits per heavy atom. The number of rotatable bonds is 5. The molecule has 4 nitrogen and oxygen atoms in total. The lowest BCUT2D eigenvalue weighted by Crippen LogP contribution is -2.35. The van der Waals surface area contributed by atoms with E-state index in [0.717, 1.165) is 67.6 Å². The van der Waals surface area contributed by atoms with E-state index in [9.17, 15) is 4.79 Å². The van der Waals surface area contributed by atoms with E-state index >= 15 is 0 Å². The van der Waals surface area contributed by atoms with Crippen LogP contribution in [0, 0.1) is 6.92 Å². The molecule has 0 N–H and O–H groups in total. The van der Waals surface area contributed by atoms with Crippen molar-refractivity contribution in [1.29, 1.82) is 0 Å². The Balaban J connectivity index is 0.00000162. The minimum Gasteiger partial charge on any atom is -0.302 e.